The van der Waals surface area contributed by atoms with Crippen molar-refractivity contribution in [3.8, 4) is 6.07 Å². The monoisotopic (exact) mass is 324 g/mol. The van der Waals surface area contributed by atoms with Gasteiger partial charge in [-0.3, -0.25) is 4.90 Å². The summed E-state index contributed by atoms with van der Waals surface area (Å²) in [6.45, 7) is 3.46. The number of nitriles is 1. The fourth-order valence-electron chi connectivity index (χ4n) is 3.69. The Kier molecular flexibility index (Phi) is 3.97. The Morgan fingerprint density at radius 3 is 3.17 bits per heavy atom. The van der Waals surface area contributed by atoms with Crippen LogP contribution >= 0.6 is 0 Å². The molecule has 0 saturated carbocycles. The summed E-state index contributed by atoms with van der Waals surface area (Å²) in [6.07, 6.45) is 3.72. The Labute approximate surface area is 141 Å². The molecule has 2 fully saturated rings. The van der Waals surface area contributed by atoms with Crippen LogP contribution in [0.5, 0.6) is 0 Å². The lowest BCUT2D eigenvalue weighted by Crippen LogP contribution is -2.33. The molecule has 0 bridgehead atoms. The van der Waals surface area contributed by atoms with Crippen LogP contribution in [-0.2, 0) is 11.3 Å². The molecule has 0 unspecified atom stereocenters. The van der Waals surface area contributed by atoms with E-state index in [-0.39, 0.29) is 11.6 Å². The Hall–Kier alpha value is -2.36. The van der Waals surface area contributed by atoms with Crippen LogP contribution in [-0.4, -0.2) is 41.2 Å². The molecular formula is C18H20N4O2. The van der Waals surface area contributed by atoms with Crippen molar-refractivity contribution in [1.82, 2.24) is 9.88 Å². The predicted molar refractivity (Wildman–Crippen MR) is 88.3 cm³/mol. The average Bonchev–Trinajstić information content (AvgIpc) is 3.32. The van der Waals surface area contributed by atoms with Gasteiger partial charge >= 0.3 is 0 Å². The maximum absolute atomic E-state index is 8.95. The second-order valence-corrected chi connectivity index (χ2v) is 6.60. The number of anilines is 1. The van der Waals surface area contributed by atoms with Crippen molar-refractivity contribution in [2.24, 2.45) is 0 Å². The minimum absolute atomic E-state index is 0.0723. The highest BCUT2D eigenvalue weighted by Crippen LogP contribution is 2.36. The first-order valence-corrected chi connectivity index (χ1v) is 8.27. The molecule has 4 heterocycles. The molecule has 1 spiro atoms. The second kappa shape index (κ2) is 6.27. The molecule has 0 aromatic carbocycles. The third-order valence-corrected chi connectivity index (χ3v) is 4.78. The van der Waals surface area contributed by atoms with Crippen LogP contribution < -0.4 is 5.32 Å². The number of furan rings is 1. The highest BCUT2D eigenvalue weighted by molar-refractivity contribution is 5.39. The average molecular weight is 324 g/mol. The number of pyridine rings is 1. The van der Waals surface area contributed by atoms with Gasteiger partial charge in [0.2, 0.25) is 0 Å². The fraction of sp³-hybridized carbons (Fsp3) is 0.444. The van der Waals surface area contributed by atoms with Crippen LogP contribution in [0.1, 0.15) is 24.3 Å². The van der Waals surface area contributed by atoms with Crippen LogP contribution in [0.15, 0.2) is 41.0 Å². The minimum Gasteiger partial charge on any atom is -0.468 e. The SMILES string of the molecule is N#Cc1cccc(N[C@H]2CO[C@]3(CCN(Cc4ccco4)C3)C2)n1. The molecule has 2 saturated heterocycles. The summed E-state index contributed by atoms with van der Waals surface area (Å²) in [7, 11) is 0. The number of rotatable bonds is 4. The minimum atomic E-state index is -0.0723. The molecule has 0 aliphatic carbocycles. The van der Waals surface area contributed by atoms with E-state index in [0.717, 1.165) is 44.1 Å². The Morgan fingerprint density at radius 1 is 1.38 bits per heavy atom. The molecule has 0 radical (unpaired) electrons. The van der Waals surface area contributed by atoms with E-state index >= 15 is 0 Å². The number of hydrogen-bond acceptors (Lipinski definition) is 6. The second-order valence-electron chi connectivity index (χ2n) is 6.60. The summed E-state index contributed by atoms with van der Waals surface area (Å²) in [5, 5.41) is 12.3. The fourth-order valence-corrected chi connectivity index (χ4v) is 3.69. The van der Waals surface area contributed by atoms with Gasteiger partial charge in [0.25, 0.3) is 0 Å². The summed E-state index contributed by atoms with van der Waals surface area (Å²) in [6, 6.07) is 11.7. The van der Waals surface area contributed by atoms with Crippen molar-refractivity contribution in [3.63, 3.8) is 0 Å². The van der Waals surface area contributed by atoms with Gasteiger partial charge in [-0.1, -0.05) is 6.07 Å². The maximum atomic E-state index is 8.95. The van der Waals surface area contributed by atoms with E-state index in [0.29, 0.717) is 12.3 Å². The van der Waals surface area contributed by atoms with Crippen LogP contribution in [0.25, 0.3) is 0 Å². The lowest BCUT2D eigenvalue weighted by Gasteiger charge is -2.23. The van der Waals surface area contributed by atoms with Gasteiger partial charge in [0, 0.05) is 19.5 Å². The van der Waals surface area contributed by atoms with Crippen molar-refractivity contribution in [1.29, 1.82) is 5.26 Å². The zero-order valence-electron chi connectivity index (χ0n) is 13.4. The first-order chi connectivity index (χ1) is 11.7. The van der Waals surface area contributed by atoms with Gasteiger partial charge < -0.3 is 14.5 Å². The van der Waals surface area contributed by atoms with Crippen LogP contribution in [0, 0.1) is 11.3 Å². The molecule has 2 aromatic heterocycles. The number of nitrogens with one attached hydrogen (secondary N) is 1. The quantitative estimate of drug-likeness (QED) is 0.931. The number of aromatic nitrogens is 1. The topological polar surface area (TPSA) is 74.3 Å². The normalized spacial score (nSPS) is 26.7. The molecule has 124 valence electrons. The maximum Gasteiger partial charge on any atom is 0.142 e. The van der Waals surface area contributed by atoms with Crippen LogP contribution in [0.2, 0.25) is 0 Å². The Balaban J connectivity index is 1.35. The Morgan fingerprint density at radius 2 is 2.33 bits per heavy atom. The van der Waals surface area contributed by atoms with E-state index in [2.05, 4.69) is 21.3 Å². The van der Waals surface area contributed by atoms with Gasteiger partial charge in [-0.05, 0) is 30.7 Å². The van der Waals surface area contributed by atoms with Crippen LogP contribution in [0.4, 0.5) is 5.82 Å². The van der Waals surface area contributed by atoms with E-state index in [1.807, 2.05) is 24.3 Å². The van der Waals surface area contributed by atoms with Gasteiger partial charge in [0.1, 0.15) is 23.3 Å². The van der Waals surface area contributed by atoms with E-state index in [1.54, 1.807) is 12.3 Å². The number of likely N-dealkylation sites (tertiary alicyclic amines) is 1. The van der Waals surface area contributed by atoms with E-state index in [9.17, 15) is 0 Å². The molecule has 24 heavy (non-hydrogen) atoms. The highest BCUT2D eigenvalue weighted by atomic mass is 16.5. The Bertz CT molecular complexity index is 740. The van der Waals surface area contributed by atoms with Gasteiger partial charge in [-0.25, -0.2) is 4.98 Å². The third-order valence-electron chi connectivity index (χ3n) is 4.78. The van der Waals surface area contributed by atoms with Gasteiger partial charge in [-0.15, -0.1) is 0 Å². The molecule has 2 atom stereocenters. The largest absolute Gasteiger partial charge is 0.468 e. The van der Waals surface area contributed by atoms with Crippen molar-refractivity contribution in [2.45, 2.75) is 31.0 Å². The molecule has 6 heteroatoms. The number of ether oxygens (including phenoxy) is 1. The third kappa shape index (κ3) is 3.14. The van der Waals surface area contributed by atoms with Gasteiger partial charge in [-0.2, -0.15) is 5.26 Å². The first kappa shape index (κ1) is 15.2. The highest BCUT2D eigenvalue weighted by Gasteiger charge is 2.45. The molecular weight excluding hydrogens is 304 g/mol. The molecule has 0 amide bonds. The van der Waals surface area contributed by atoms with E-state index in [1.165, 1.54) is 0 Å². The van der Waals surface area contributed by atoms with E-state index in [4.69, 9.17) is 14.4 Å². The summed E-state index contributed by atoms with van der Waals surface area (Å²) >= 11 is 0. The van der Waals surface area contributed by atoms with Gasteiger partial charge in [0.05, 0.1) is 31.1 Å². The molecule has 2 aromatic rings. The van der Waals surface area contributed by atoms with Gasteiger partial charge in [0.15, 0.2) is 0 Å². The standard InChI is InChI=1S/C18H20N4O2/c19-10-14-3-1-5-17(20-14)21-15-9-18(24-12-15)6-7-22(13-18)11-16-4-2-8-23-16/h1-5,8,15H,6-7,9,11-13H2,(H,20,21)/t15-,18-/m1/s1. The molecule has 6 nitrogen and oxygen atoms in total. The zero-order chi connectivity index (χ0) is 16.4. The molecule has 4 rings (SSSR count). The molecule has 2 aliphatic rings. The van der Waals surface area contributed by atoms with Crippen molar-refractivity contribution < 1.29 is 9.15 Å². The lowest BCUT2D eigenvalue weighted by molar-refractivity contribution is 0.0115. The van der Waals surface area contributed by atoms with Crippen molar-refractivity contribution >= 4 is 5.82 Å². The zero-order valence-corrected chi connectivity index (χ0v) is 13.4. The molecule has 2 aliphatic heterocycles. The smallest absolute Gasteiger partial charge is 0.142 e. The summed E-state index contributed by atoms with van der Waals surface area (Å²) in [5.41, 5.74) is 0.357. The lowest BCUT2D eigenvalue weighted by atomic mass is 9.97. The van der Waals surface area contributed by atoms with E-state index < -0.39 is 0 Å². The predicted octanol–water partition coefficient (Wildman–Crippen LogP) is 2.39. The summed E-state index contributed by atoms with van der Waals surface area (Å²) in [5.74, 6) is 1.74. The number of hydrogen-bond donors (Lipinski definition) is 1. The summed E-state index contributed by atoms with van der Waals surface area (Å²) < 4.78 is 11.6. The first-order valence-electron chi connectivity index (χ1n) is 8.27. The number of nitrogens with zero attached hydrogens (tertiary/aromatic N) is 3. The molecule has 1 N–H and O–H groups in total. The summed E-state index contributed by atoms with van der Waals surface area (Å²) in [4.78, 5) is 6.67. The van der Waals surface area contributed by atoms with Crippen molar-refractivity contribution in [3.05, 3.63) is 48.0 Å². The van der Waals surface area contributed by atoms with Crippen molar-refractivity contribution in [2.75, 3.05) is 25.0 Å². The van der Waals surface area contributed by atoms with Crippen LogP contribution in [0.3, 0.4) is 0 Å².